The summed E-state index contributed by atoms with van der Waals surface area (Å²) in [6.45, 7) is 1.44. The Morgan fingerprint density at radius 1 is 1.35 bits per heavy atom. The quantitative estimate of drug-likeness (QED) is 0.804. The van der Waals surface area contributed by atoms with E-state index in [-0.39, 0.29) is 11.7 Å². The number of hydrogen-bond donors (Lipinski definition) is 2. The lowest BCUT2D eigenvalue weighted by Crippen LogP contribution is -2.26. The average molecular weight is 297 g/mol. The average Bonchev–Trinajstić information content (AvgIpc) is 2.86. The Balaban J connectivity index is 2.17. The van der Waals surface area contributed by atoms with Gasteiger partial charge in [-0.2, -0.15) is 0 Å². The molecule has 0 bridgehead atoms. The molecule has 1 amide bonds. The number of fused-ring (bicyclic) bond motifs is 1. The Morgan fingerprint density at radius 2 is 2.15 bits per heavy atom. The van der Waals surface area contributed by atoms with Gasteiger partial charge in [-0.1, -0.05) is 11.6 Å². The van der Waals surface area contributed by atoms with Crippen LogP contribution in [0, 0.1) is 0 Å². The SMILES string of the molecule is CNCCCNC(=O)c1cc2cc(Cl)cc(OC)c2o1. The maximum absolute atomic E-state index is 12.0. The minimum Gasteiger partial charge on any atom is -0.493 e. The van der Waals surface area contributed by atoms with E-state index >= 15 is 0 Å². The zero-order valence-corrected chi connectivity index (χ0v) is 12.2. The highest BCUT2D eigenvalue weighted by Crippen LogP contribution is 2.32. The van der Waals surface area contributed by atoms with Gasteiger partial charge >= 0.3 is 0 Å². The lowest BCUT2D eigenvalue weighted by atomic mass is 10.2. The van der Waals surface area contributed by atoms with Crippen LogP contribution in [0.5, 0.6) is 5.75 Å². The van der Waals surface area contributed by atoms with Crippen LogP contribution in [0.4, 0.5) is 0 Å². The van der Waals surface area contributed by atoms with Crippen molar-refractivity contribution < 1.29 is 13.9 Å². The molecule has 0 aliphatic carbocycles. The summed E-state index contributed by atoms with van der Waals surface area (Å²) >= 11 is 5.98. The van der Waals surface area contributed by atoms with Gasteiger partial charge in [0.05, 0.1) is 7.11 Å². The van der Waals surface area contributed by atoms with Crippen LogP contribution in [0.2, 0.25) is 5.02 Å². The van der Waals surface area contributed by atoms with Crippen molar-refractivity contribution in [3.63, 3.8) is 0 Å². The third-order valence-corrected chi connectivity index (χ3v) is 3.10. The first kappa shape index (κ1) is 14.7. The van der Waals surface area contributed by atoms with E-state index in [0.29, 0.717) is 22.9 Å². The summed E-state index contributed by atoms with van der Waals surface area (Å²) in [6.07, 6.45) is 0.859. The van der Waals surface area contributed by atoms with Crippen LogP contribution in [0.1, 0.15) is 17.0 Å². The first-order chi connectivity index (χ1) is 9.65. The van der Waals surface area contributed by atoms with E-state index in [2.05, 4.69) is 10.6 Å². The molecule has 2 rings (SSSR count). The van der Waals surface area contributed by atoms with Gasteiger partial charge < -0.3 is 19.8 Å². The largest absolute Gasteiger partial charge is 0.493 e. The van der Waals surface area contributed by atoms with Gasteiger partial charge in [-0.25, -0.2) is 0 Å². The third-order valence-electron chi connectivity index (χ3n) is 2.88. The number of carbonyl (C=O) groups is 1. The molecule has 0 radical (unpaired) electrons. The zero-order chi connectivity index (χ0) is 14.5. The van der Waals surface area contributed by atoms with Gasteiger partial charge in [-0.15, -0.1) is 0 Å². The van der Waals surface area contributed by atoms with Crippen molar-refractivity contribution in [3.8, 4) is 5.75 Å². The van der Waals surface area contributed by atoms with Crippen molar-refractivity contribution in [1.29, 1.82) is 0 Å². The Bertz CT molecular complexity index is 610. The van der Waals surface area contributed by atoms with Gasteiger partial charge in [0.25, 0.3) is 5.91 Å². The molecule has 0 saturated carbocycles. The van der Waals surface area contributed by atoms with E-state index in [9.17, 15) is 4.79 Å². The number of ether oxygens (including phenoxy) is 1. The van der Waals surface area contributed by atoms with Crippen LogP contribution in [-0.2, 0) is 0 Å². The van der Waals surface area contributed by atoms with Crippen LogP contribution in [0.3, 0.4) is 0 Å². The number of nitrogens with one attached hydrogen (secondary N) is 2. The lowest BCUT2D eigenvalue weighted by molar-refractivity contribution is 0.0927. The molecule has 20 heavy (non-hydrogen) atoms. The fraction of sp³-hybridized carbons (Fsp3) is 0.357. The second kappa shape index (κ2) is 6.63. The summed E-state index contributed by atoms with van der Waals surface area (Å²) in [5.41, 5.74) is 0.525. The molecule has 6 heteroatoms. The molecule has 0 aliphatic rings. The van der Waals surface area contributed by atoms with Crippen LogP contribution in [-0.4, -0.2) is 33.2 Å². The Hall–Kier alpha value is -1.72. The molecular formula is C14H17ClN2O3. The first-order valence-corrected chi connectivity index (χ1v) is 6.73. The fourth-order valence-corrected chi connectivity index (χ4v) is 2.12. The Labute approximate surface area is 122 Å². The molecule has 0 aliphatic heterocycles. The number of halogens is 1. The number of rotatable bonds is 6. The van der Waals surface area contributed by atoms with Gasteiger partial charge in [0.1, 0.15) is 0 Å². The van der Waals surface area contributed by atoms with E-state index in [1.807, 2.05) is 7.05 Å². The zero-order valence-electron chi connectivity index (χ0n) is 11.5. The van der Waals surface area contributed by atoms with Crippen molar-refractivity contribution in [2.45, 2.75) is 6.42 Å². The predicted octanol–water partition coefficient (Wildman–Crippen LogP) is 2.43. The van der Waals surface area contributed by atoms with Gasteiger partial charge in [-0.3, -0.25) is 4.79 Å². The number of amides is 1. The van der Waals surface area contributed by atoms with Crippen LogP contribution < -0.4 is 15.4 Å². The van der Waals surface area contributed by atoms with Crippen molar-refractivity contribution in [2.75, 3.05) is 27.2 Å². The van der Waals surface area contributed by atoms with E-state index < -0.39 is 0 Å². The third kappa shape index (κ3) is 3.23. The highest BCUT2D eigenvalue weighted by atomic mass is 35.5. The molecule has 0 saturated heterocycles. The molecule has 0 fully saturated rings. The number of benzene rings is 1. The molecule has 0 unspecified atom stereocenters. The number of hydrogen-bond acceptors (Lipinski definition) is 4. The normalized spacial score (nSPS) is 10.8. The predicted molar refractivity (Wildman–Crippen MR) is 78.7 cm³/mol. The maximum atomic E-state index is 12.0. The Kier molecular flexibility index (Phi) is 4.87. The van der Waals surface area contributed by atoms with E-state index in [4.69, 9.17) is 20.8 Å². The van der Waals surface area contributed by atoms with Gasteiger partial charge in [0.2, 0.25) is 0 Å². The fourth-order valence-electron chi connectivity index (χ4n) is 1.90. The molecule has 1 aromatic carbocycles. The summed E-state index contributed by atoms with van der Waals surface area (Å²) in [6, 6.07) is 5.06. The molecule has 0 spiro atoms. The summed E-state index contributed by atoms with van der Waals surface area (Å²) < 4.78 is 10.7. The molecule has 2 N–H and O–H groups in total. The number of methoxy groups -OCH3 is 1. The summed E-state index contributed by atoms with van der Waals surface area (Å²) in [5, 5.41) is 7.10. The summed E-state index contributed by atoms with van der Waals surface area (Å²) in [4.78, 5) is 12.0. The molecule has 5 nitrogen and oxygen atoms in total. The summed E-state index contributed by atoms with van der Waals surface area (Å²) in [7, 11) is 3.40. The minimum absolute atomic E-state index is 0.240. The van der Waals surface area contributed by atoms with Crippen LogP contribution in [0.15, 0.2) is 22.6 Å². The minimum atomic E-state index is -0.240. The van der Waals surface area contributed by atoms with E-state index in [1.54, 1.807) is 18.2 Å². The Morgan fingerprint density at radius 3 is 2.85 bits per heavy atom. The molecule has 1 heterocycles. The van der Waals surface area contributed by atoms with Crippen molar-refractivity contribution in [2.24, 2.45) is 0 Å². The lowest BCUT2D eigenvalue weighted by Gasteiger charge is -2.02. The van der Waals surface area contributed by atoms with Crippen LogP contribution in [0.25, 0.3) is 11.0 Å². The monoisotopic (exact) mass is 296 g/mol. The van der Waals surface area contributed by atoms with Crippen LogP contribution >= 0.6 is 11.6 Å². The van der Waals surface area contributed by atoms with Gasteiger partial charge in [0, 0.05) is 23.0 Å². The first-order valence-electron chi connectivity index (χ1n) is 6.35. The molecule has 108 valence electrons. The standard InChI is InChI=1S/C14H17ClN2O3/c1-16-4-3-5-17-14(18)12-7-9-6-10(15)8-11(19-2)13(9)20-12/h6-8,16H,3-5H2,1-2H3,(H,17,18). The highest BCUT2D eigenvalue weighted by molar-refractivity contribution is 6.31. The molecule has 0 atom stereocenters. The number of furan rings is 1. The second-order valence-corrected chi connectivity index (χ2v) is 4.79. The van der Waals surface area contributed by atoms with Crippen molar-refractivity contribution >= 4 is 28.5 Å². The smallest absolute Gasteiger partial charge is 0.287 e. The molecule has 2 aromatic rings. The number of carbonyl (C=O) groups excluding carboxylic acids is 1. The van der Waals surface area contributed by atoms with Gasteiger partial charge in [0.15, 0.2) is 17.1 Å². The topological polar surface area (TPSA) is 63.5 Å². The maximum Gasteiger partial charge on any atom is 0.287 e. The van der Waals surface area contributed by atoms with Crippen molar-refractivity contribution in [3.05, 3.63) is 29.0 Å². The molecular weight excluding hydrogens is 280 g/mol. The van der Waals surface area contributed by atoms with Gasteiger partial charge in [-0.05, 0) is 32.1 Å². The molecule has 1 aromatic heterocycles. The highest BCUT2D eigenvalue weighted by Gasteiger charge is 2.15. The second-order valence-electron chi connectivity index (χ2n) is 4.35. The van der Waals surface area contributed by atoms with Crippen molar-refractivity contribution in [1.82, 2.24) is 10.6 Å². The van der Waals surface area contributed by atoms with E-state index in [1.165, 1.54) is 7.11 Å². The van der Waals surface area contributed by atoms with E-state index in [0.717, 1.165) is 18.4 Å². The summed E-state index contributed by atoms with van der Waals surface area (Å²) in [5.74, 6) is 0.530.